The molecule has 140 valence electrons. The molecule has 3 aromatic rings. The number of H-pyrrole nitrogens is 1. The van der Waals surface area contributed by atoms with Crippen molar-refractivity contribution in [1.82, 2.24) is 20.1 Å². The van der Waals surface area contributed by atoms with E-state index in [0.29, 0.717) is 35.6 Å². The van der Waals surface area contributed by atoms with Gasteiger partial charge in [-0.1, -0.05) is 30.3 Å². The molecule has 0 spiro atoms. The largest absolute Gasteiger partial charge is 0.465 e. The van der Waals surface area contributed by atoms with Gasteiger partial charge in [0.05, 0.1) is 25.4 Å². The summed E-state index contributed by atoms with van der Waals surface area (Å²) in [4.78, 5) is 27.3. The summed E-state index contributed by atoms with van der Waals surface area (Å²) in [6, 6.07) is 10.0. The molecular weight excluding hydrogens is 344 g/mol. The van der Waals surface area contributed by atoms with Crippen LogP contribution in [0.5, 0.6) is 0 Å². The Morgan fingerprint density at radius 1 is 1.19 bits per heavy atom. The van der Waals surface area contributed by atoms with Crippen molar-refractivity contribution in [3.8, 4) is 0 Å². The molecule has 27 heavy (non-hydrogen) atoms. The van der Waals surface area contributed by atoms with Gasteiger partial charge in [-0.25, -0.2) is 4.79 Å². The molecule has 0 saturated carbocycles. The number of amides is 1. The molecule has 7 nitrogen and oxygen atoms in total. The molecule has 0 radical (unpaired) electrons. The van der Waals surface area contributed by atoms with Gasteiger partial charge in [-0.2, -0.15) is 5.10 Å². The van der Waals surface area contributed by atoms with Crippen LogP contribution >= 0.6 is 0 Å². The first-order valence-corrected chi connectivity index (χ1v) is 8.60. The molecule has 0 aliphatic rings. The number of aromatic nitrogens is 3. The number of aryl methyl sites for hydroxylation is 1. The number of carbonyl (C=O) groups is 2. The van der Waals surface area contributed by atoms with Gasteiger partial charge in [0.2, 0.25) is 0 Å². The van der Waals surface area contributed by atoms with Gasteiger partial charge < -0.3 is 15.0 Å². The van der Waals surface area contributed by atoms with Crippen molar-refractivity contribution in [3.63, 3.8) is 0 Å². The Balaban J connectivity index is 1.64. The number of methoxy groups -OCH3 is 1. The van der Waals surface area contributed by atoms with Crippen LogP contribution in [0.2, 0.25) is 0 Å². The van der Waals surface area contributed by atoms with Crippen molar-refractivity contribution in [1.29, 1.82) is 0 Å². The number of esters is 1. The minimum Gasteiger partial charge on any atom is -0.465 e. The van der Waals surface area contributed by atoms with Gasteiger partial charge in [-0.05, 0) is 25.0 Å². The average molecular weight is 366 g/mol. The van der Waals surface area contributed by atoms with Crippen LogP contribution < -0.4 is 5.32 Å². The van der Waals surface area contributed by atoms with Gasteiger partial charge in [-0.15, -0.1) is 0 Å². The fourth-order valence-electron chi connectivity index (χ4n) is 3.01. The molecule has 2 N–H and O–H groups in total. The van der Waals surface area contributed by atoms with E-state index in [2.05, 4.69) is 15.4 Å². The topological polar surface area (TPSA) is 89.0 Å². The molecule has 0 atom stereocenters. The lowest BCUT2D eigenvalue weighted by atomic mass is 10.1. The van der Waals surface area contributed by atoms with Crippen LogP contribution in [0.25, 0.3) is 0 Å². The highest BCUT2D eigenvalue weighted by molar-refractivity contribution is 6.00. The summed E-state index contributed by atoms with van der Waals surface area (Å²) < 4.78 is 6.60. The number of rotatable bonds is 6. The SMILES string of the molecule is COC(=O)c1c(C)[nH]c(C(=O)NCc2cnn(Cc3ccccc3)c2)c1C. The third-order valence-electron chi connectivity index (χ3n) is 4.38. The quantitative estimate of drug-likeness (QED) is 0.656. The highest BCUT2D eigenvalue weighted by Gasteiger charge is 2.22. The Morgan fingerprint density at radius 3 is 2.63 bits per heavy atom. The van der Waals surface area contributed by atoms with Crippen molar-refractivity contribution >= 4 is 11.9 Å². The summed E-state index contributed by atoms with van der Waals surface area (Å²) in [5.74, 6) is -0.732. The third kappa shape index (κ3) is 4.08. The van der Waals surface area contributed by atoms with Gasteiger partial charge in [0.15, 0.2) is 0 Å². The number of aromatic amines is 1. The van der Waals surface area contributed by atoms with Crippen molar-refractivity contribution in [2.24, 2.45) is 0 Å². The van der Waals surface area contributed by atoms with E-state index in [4.69, 9.17) is 4.74 Å². The van der Waals surface area contributed by atoms with Crippen LogP contribution in [-0.4, -0.2) is 33.8 Å². The summed E-state index contributed by atoms with van der Waals surface area (Å²) in [7, 11) is 1.32. The number of nitrogens with one attached hydrogen (secondary N) is 2. The summed E-state index contributed by atoms with van der Waals surface area (Å²) in [5.41, 5.74) is 4.01. The molecule has 7 heteroatoms. The van der Waals surface area contributed by atoms with Crippen LogP contribution in [0, 0.1) is 13.8 Å². The second kappa shape index (κ2) is 7.90. The van der Waals surface area contributed by atoms with E-state index in [9.17, 15) is 9.59 Å². The maximum absolute atomic E-state index is 12.5. The van der Waals surface area contributed by atoms with Crippen LogP contribution in [0.3, 0.4) is 0 Å². The van der Waals surface area contributed by atoms with Gasteiger partial charge in [0.1, 0.15) is 5.69 Å². The number of carbonyl (C=O) groups excluding carboxylic acids is 2. The van der Waals surface area contributed by atoms with Gasteiger partial charge >= 0.3 is 5.97 Å². The molecule has 0 aliphatic heterocycles. The normalized spacial score (nSPS) is 10.6. The molecular formula is C20H22N4O3. The standard InChI is InChI=1S/C20H22N4O3/c1-13-17(20(26)27-3)14(2)23-18(13)19(25)21-9-16-10-22-24(12-16)11-15-7-5-4-6-8-15/h4-8,10,12,23H,9,11H2,1-3H3,(H,21,25). The van der Waals surface area contributed by atoms with E-state index >= 15 is 0 Å². The van der Waals surface area contributed by atoms with E-state index < -0.39 is 5.97 Å². The van der Waals surface area contributed by atoms with Crippen molar-refractivity contribution in [2.45, 2.75) is 26.9 Å². The van der Waals surface area contributed by atoms with Gasteiger partial charge in [0, 0.05) is 24.0 Å². The van der Waals surface area contributed by atoms with Crippen molar-refractivity contribution in [3.05, 3.63) is 76.4 Å². The molecule has 1 amide bonds. The van der Waals surface area contributed by atoms with E-state index in [0.717, 1.165) is 11.1 Å². The Kier molecular flexibility index (Phi) is 5.40. The maximum atomic E-state index is 12.5. The molecule has 0 fully saturated rings. The minimum absolute atomic E-state index is 0.276. The number of hydrogen-bond acceptors (Lipinski definition) is 4. The number of benzene rings is 1. The molecule has 2 aromatic heterocycles. The summed E-state index contributed by atoms with van der Waals surface area (Å²) >= 11 is 0. The van der Waals surface area contributed by atoms with Gasteiger partial charge in [0.25, 0.3) is 5.91 Å². The lowest BCUT2D eigenvalue weighted by Gasteiger charge is -2.04. The molecule has 0 unspecified atom stereocenters. The van der Waals surface area contributed by atoms with E-state index in [-0.39, 0.29) is 5.91 Å². The molecule has 3 rings (SSSR count). The Hall–Kier alpha value is -3.35. The Bertz CT molecular complexity index is 957. The third-order valence-corrected chi connectivity index (χ3v) is 4.38. The zero-order valence-electron chi connectivity index (χ0n) is 15.6. The summed E-state index contributed by atoms with van der Waals surface area (Å²) in [6.45, 7) is 4.48. The van der Waals surface area contributed by atoms with E-state index in [1.54, 1.807) is 20.0 Å². The molecule has 1 aromatic carbocycles. The van der Waals surface area contributed by atoms with Crippen LogP contribution in [-0.2, 0) is 17.8 Å². The Morgan fingerprint density at radius 2 is 1.93 bits per heavy atom. The maximum Gasteiger partial charge on any atom is 0.339 e. The monoisotopic (exact) mass is 366 g/mol. The fraction of sp³-hybridized carbons (Fsp3) is 0.250. The summed E-state index contributed by atoms with van der Waals surface area (Å²) in [5, 5.41) is 7.18. The minimum atomic E-state index is -0.456. The number of hydrogen-bond donors (Lipinski definition) is 2. The first-order chi connectivity index (χ1) is 13.0. The van der Waals surface area contributed by atoms with E-state index in [1.165, 1.54) is 7.11 Å². The smallest absolute Gasteiger partial charge is 0.339 e. The van der Waals surface area contributed by atoms with Crippen LogP contribution in [0.1, 0.15) is 43.2 Å². The fourth-order valence-corrected chi connectivity index (χ4v) is 3.01. The number of ether oxygens (including phenoxy) is 1. The lowest BCUT2D eigenvalue weighted by molar-refractivity contribution is 0.0599. The summed E-state index contributed by atoms with van der Waals surface area (Å²) in [6.07, 6.45) is 3.63. The number of nitrogens with zero attached hydrogens (tertiary/aromatic N) is 2. The zero-order valence-corrected chi connectivity index (χ0v) is 15.6. The first-order valence-electron chi connectivity index (χ1n) is 8.60. The van der Waals surface area contributed by atoms with Crippen molar-refractivity contribution < 1.29 is 14.3 Å². The van der Waals surface area contributed by atoms with Crippen LogP contribution in [0.4, 0.5) is 0 Å². The lowest BCUT2D eigenvalue weighted by Crippen LogP contribution is -2.23. The Labute approximate surface area is 157 Å². The first kappa shape index (κ1) is 18.4. The second-order valence-electron chi connectivity index (χ2n) is 6.33. The average Bonchev–Trinajstić information content (AvgIpc) is 3.23. The predicted octanol–water partition coefficient (Wildman–Crippen LogP) is 2.59. The van der Waals surface area contributed by atoms with Crippen molar-refractivity contribution in [2.75, 3.05) is 7.11 Å². The highest BCUT2D eigenvalue weighted by Crippen LogP contribution is 2.19. The molecule has 0 aliphatic carbocycles. The molecule has 0 bridgehead atoms. The zero-order chi connectivity index (χ0) is 19.4. The van der Waals surface area contributed by atoms with Crippen LogP contribution in [0.15, 0.2) is 42.7 Å². The van der Waals surface area contributed by atoms with E-state index in [1.807, 2.05) is 41.2 Å². The molecule has 0 saturated heterocycles. The highest BCUT2D eigenvalue weighted by atomic mass is 16.5. The predicted molar refractivity (Wildman–Crippen MR) is 101 cm³/mol. The second-order valence-corrected chi connectivity index (χ2v) is 6.33. The molecule has 2 heterocycles. The van der Waals surface area contributed by atoms with Gasteiger partial charge in [-0.3, -0.25) is 9.48 Å².